The molecule has 6 heteroatoms. The molecule has 18 heavy (non-hydrogen) atoms. The van der Waals surface area contributed by atoms with Crippen LogP contribution in [0.5, 0.6) is 0 Å². The summed E-state index contributed by atoms with van der Waals surface area (Å²) in [6.45, 7) is 1.71. The molecule has 0 aromatic carbocycles. The van der Waals surface area contributed by atoms with E-state index in [1.165, 1.54) is 0 Å². The van der Waals surface area contributed by atoms with E-state index in [4.69, 9.17) is 9.47 Å². The Kier molecular flexibility index (Phi) is 2.88. The summed E-state index contributed by atoms with van der Waals surface area (Å²) in [6, 6.07) is 0. The van der Waals surface area contributed by atoms with Crippen molar-refractivity contribution in [3.05, 3.63) is 0 Å². The van der Waals surface area contributed by atoms with Crippen LogP contribution in [0.15, 0.2) is 0 Å². The molecule has 3 aliphatic rings. The van der Waals surface area contributed by atoms with Crippen molar-refractivity contribution >= 4 is 0 Å². The van der Waals surface area contributed by atoms with Gasteiger partial charge in [0.2, 0.25) is 0 Å². The minimum absolute atomic E-state index is 0.0399. The number of halogens is 3. The van der Waals surface area contributed by atoms with E-state index < -0.39 is 17.8 Å². The first-order chi connectivity index (χ1) is 8.43. The van der Waals surface area contributed by atoms with Crippen LogP contribution in [0.2, 0.25) is 0 Å². The van der Waals surface area contributed by atoms with Gasteiger partial charge in [0, 0.05) is 6.42 Å². The topological polar surface area (TPSA) is 30.5 Å². The Bertz CT molecular complexity index is 326. The van der Waals surface area contributed by atoms with Crippen LogP contribution in [-0.4, -0.2) is 37.3 Å². The van der Waals surface area contributed by atoms with Crippen molar-refractivity contribution in [2.45, 2.75) is 49.5 Å². The van der Waals surface area contributed by atoms with Gasteiger partial charge in [0.05, 0.1) is 31.3 Å². The predicted octanol–water partition coefficient (Wildman–Crippen LogP) is 2.21. The summed E-state index contributed by atoms with van der Waals surface area (Å²) >= 11 is 0. The summed E-state index contributed by atoms with van der Waals surface area (Å²) in [5.41, 5.74) is -0.911. The van der Waals surface area contributed by atoms with Gasteiger partial charge < -0.3 is 9.47 Å². The van der Waals surface area contributed by atoms with Crippen LogP contribution in [0.4, 0.5) is 13.2 Å². The summed E-state index contributed by atoms with van der Waals surface area (Å²) in [5, 5.41) is 3.34. The molecule has 2 unspecified atom stereocenters. The van der Waals surface area contributed by atoms with Crippen molar-refractivity contribution in [1.29, 1.82) is 0 Å². The summed E-state index contributed by atoms with van der Waals surface area (Å²) in [5.74, 6) is -1.24. The van der Waals surface area contributed by atoms with Gasteiger partial charge in [-0.15, -0.1) is 0 Å². The fourth-order valence-electron chi connectivity index (χ4n) is 3.35. The number of alkyl halides is 3. The molecule has 1 N–H and O–H groups in total. The lowest BCUT2D eigenvalue weighted by molar-refractivity contribution is -0.244. The second-order valence-electron chi connectivity index (χ2n) is 5.83. The fourth-order valence-corrected chi connectivity index (χ4v) is 3.35. The van der Waals surface area contributed by atoms with Crippen molar-refractivity contribution in [3.63, 3.8) is 0 Å². The Balaban J connectivity index is 1.73. The van der Waals surface area contributed by atoms with Crippen molar-refractivity contribution in [3.8, 4) is 0 Å². The first-order valence-electron chi connectivity index (χ1n) is 6.51. The summed E-state index contributed by atoms with van der Waals surface area (Å²) in [6.07, 6.45) is -1.79. The largest absolute Gasteiger partial charge is 0.391 e. The maximum Gasteiger partial charge on any atom is 0.391 e. The molecule has 3 fully saturated rings. The molecule has 2 heterocycles. The SMILES string of the molecule is FC(F)(F)C1CCCC2(C1)NC1(CCO2)COC1. The zero-order valence-corrected chi connectivity index (χ0v) is 10.2. The van der Waals surface area contributed by atoms with E-state index in [0.29, 0.717) is 32.7 Å². The lowest BCUT2D eigenvalue weighted by Crippen LogP contribution is -2.72. The number of hydrogen-bond donors (Lipinski definition) is 1. The van der Waals surface area contributed by atoms with Crippen molar-refractivity contribution in [1.82, 2.24) is 5.32 Å². The van der Waals surface area contributed by atoms with E-state index in [-0.39, 0.29) is 18.4 Å². The third kappa shape index (κ3) is 2.14. The van der Waals surface area contributed by atoms with Crippen LogP contribution >= 0.6 is 0 Å². The molecule has 2 aliphatic heterocycles. The quantitative estimate of drug-likeness (QED) is 0.728. The summed E-state index contributed by atoms with van der Waals surface area (Å²) in [7, 11) is 0. The average molecular weight is 265 g/mol. The molecule has 0 aromatic rings. The standard InChI is InChI=1S/C12H18F3NO2/c13-12(14,15)9-2-1-3-11(6-9)16-10(4-5-18-11)7-17-8-10/h9,16H,1-8H2. The molecule has 104 valence electrons. The van der Waals surface area contributed by atoms with E-state index in [2.05, 4.69) is 5.32 Å². The second kappa shape index (κ2) is 4.08. The number of rotatable bonds is 0. The number of hydrogen-bond acceptors (Lipinski definition) is 3. The van der Waals surface area contributed by atoms with Crippen molar-refractivity contribution in [2.75, 3.05) is 19.8 Å². The Morgan fingerprint density at radius 3 is 2.56 bits per heavy atom. The molecule has 1 saturated carbocycles. The van der Waals surface area contributed by atoms with Gasteiger partial charge in [0.25, 0.3) is 0 Å². The van der Waals surface area contributed by atoms with Gasteiger partial charge in [0.15, 0.2) is 0 Å². The Labute approximate surface area is 104 Å². The minimum atomic E-state index is -4.11. The molecular weight excluding hydrogens is 247 g/mol. The highest BCUT2D eigenvalue weighted by atomic mass is 19.4. The van der Waals surface area contributed by atoms with Crippen LogP contribution < -0.4 is 5.32 Å². The lowest BCUT2D eigenvalue weighted by Gasteiger charge is -2.55. The van der Waals surface area contributed by atoms with E-state index in [1.807, 2.05) is 0 Å². The van der Waals surface area contributed by atoms with E-state index in [1.54, 1.807) is 0 Å². The maximum atomic E-state index is 12.9. The van der Waals surface area contributed by atoms with Gasteiger partial charge in [0.1, 0.15) is 5.72 Å². The zero-order valence-electron chi connectivity index (χ0n) is 10.2. The smallest absolute Gasteiger partial charge is 0.377 e. The molecule has 2 saturated heterocycles. The molecule has 2 atom stereocenters. The molecule has 0 radical (unpaired) electrons. The van der Waals surface area contributed by atoms with Gasteiger partial charge in [-0.2, -0.15) is 13.2 Å². The molecule has 3 nitrogen and oxygen atoms in total. The Morgan fingerprint density at radius 1 is 1.17 bits per heavy atom. The average Bonchev–Trinajstić information content (AvgIpc) is 2.26. The summed E-state index contributed by atoms with van der Waals surface area (Å²) < 4.78 is 49.5. The van der Waals surface area contributed by atoms with Crippen LogP contribution in [0.1, 0.15) is 32.1 Å². The van der Waals surface area contributed by atoms with Gasteiger partial charge >= 0.3 is 6.18 Å². The highest BCUT2D eigenvalue weighted by Crippen LogP contribution is 2.45. The van der Waals surface area contributed by atoms with Crippen molar-refractivity contribution in [2.24, 2.45) is 5.92 Å². The van der Waals surface area contributed by atoms with Crippen LogP contribution in [-0.2, 0) is 9.47 Å². The third-order valence-electron chi connectivity index (χ3n) is 4.38. The zero-order chi connectivity index (χ0) is 12.9. The first-order valence-corrected chi connectivity index (χ1v) is 6.51. The van der Waals surface area contributed by atoms with E-state index in [0.717, 1.165) is 6.42 Å². The van der Waals surface area contributed by atoms with Crippen LogP contribution in [0.25, 0.3) is 0 Å². The maximum absolute atomic E-state index is 12.9. The first kappa shape index (κ1) is 12.7. The van der Waals surface area contributed by atoms with Crippen LogP contribution in [0, 0.1) is 5.92 Å². The monoisotopic (exact) mass is 265 g/mol. The molecule has 0 aromatic heterocycles. The predicted molar refractivity (Wildman–Crippen MR) is 58.0 cm³/mol. The Hall–Kier alpha value is -0.330. The minimum Gasteiger partial charge on any atom is -0.377 e. The number of nitrogens with one attached hydrogen (secondary N) is 1. The van der Waals surface area contributed by atoms with E-state index in [9.17, 15) is 13.2 Å². The highest BCUT2D eigenvalue weighted by Gasteiger charge is 2.54. The molecule has 0 amide bonds. The molecule has 3 rings (SSSR count). The Morgan fingerprint density at radius 2 is 1.94 bits per heavy atom. The highest BCUT2D eigenvalue weighted by molar-refractivity contribution is 5.03. The fraction of sp³-hybridized carbons (Fsp3) is 1.00. The van der Waals surface area contributed by atoms with Gasteiger partial charge in [-0.25, -0.2) is 0 Å². The third-order valence-corrected chi connectivity index (χ3v) is 4.38. The second-order valence-corrected chi connectivity index (χ2v) is 5.83. The molecule has 0 bridgehead atoms. The summed E-state index contributed by atoms with van der Waals surface area (Å²) in [4.78, 5) is 0. The van der Waals surface area contributed by atoms with E-state index >= 15 is 0 Å². The van der Waals surface area contributed by atoms with Crippen molar-refractivity contribution < 1.29 is 22.6 Å². The van der Waals surface area contributed by atoms with Crippen LogP contribution in [0.3, 0.4) is 0 Å². The van der Waals surface area contributed by atoms with Gasteiger partial charge in [-0.3, -0.25) is 5.32 Å². The molecular formula is C12H18F3NO2. The molecule has 2 spiro atoms. The molecule has 1 aliphatic carbocycles. The number of ether oxygens (including phenoxy) is 2. The van der Waals surface area contributed by atoms with Gasteiger partial charge in [-0.05, 0) is 25.7 Å². The van der Waals surface area contributed by atoms with Gasteiger partial charge in [-0.1, -0.05) is 0 Å². The normalized spacial score (nSPS) is 39.8. The lowest BCUT2D eigenvalue weighted by atomic mass is 9.78.